The Morgan fingerprint density at radius 2 is 2.05 bits per heavy atom. The van der Waals surface area contributed by atoms with Crippen molar-refractivity contribution in [2.45, 2.75) is 58.3 Å². The molecule has 22 heavy (non-hydrogen) atoms. The summed E-state index contributed by atoms with van der Waals surface area (Å²) in [5.41, 5.74) is 2.50. The highest BCUT2D eigenvalue weighted by molar-refractivity contribution is 5.80. The van der Waals surface area contributed by atoms with Gasteiger partial charge >= 0.3 is 6.03 Å². The fourth-order valence-electron chi connectivity index (χ4n) is 2.73. The molecule has 0 aromatic carbocycles. The molecular weight excluding hydrogens is 286 g/mol. The first-order chi connectivity index (χ1) is 10.6. The second-order valence-electron chi connectivity index (χ2n) is 6.27. The Hall–Kier alpha value is -1.34. The van der Waals surface area contributed by atoms with Crippen LogP contribution in [0.25, 0.3) is 0 Å². The smallest absolute Gasteiger partial charge is 0.317 e. The van der Waals surface area contributed by atoms with E-state index in [1.807, 2.05) is 13.8 Å². The van der Waals surface area contributed by atoms with Crippen molar-refractivity contribution < 1.29 is 19.2 Å². The monoisotopic (exact) mass is 313 g/mol. The van der Waals surface area contributed by atoms with Crippen LogP contribution in [0.3, 0.4) is 0 Å². The van der Waals surface area contributed by atoms with Crippen LogP contribution in [0.2, 0.25) is 0 Å². The molecule has 2 fully saturated rings. The maximum absolute atomic E-state index is 12.2. The highest BCUT2D eigenvalue weighted by Gasteiger charge is 2.29. The molecule has 0 saturated carbocycles. The second kappa shape index (κ2) is 8.33. The van der Waals surface area contributed by atoms with Crippen LogP contribution in [0.15, 0.2) is 0 Å². The maximum atomic E-state index is 12.2. The van der Waals surface area contributed by atoms with Crippen molar-refractivity contribution in [2.24, 2.45) is 5.92 Å². The molecule has 7 heteroatoms. The van der Waals surface area contributed by atoms with Crippen LogP contribution >= 0.6 is 0 Å². The third-order valence-electron chi connectivity index (χ3n) is 3.92. The van der Waals surface area contributed by atoms with E-state index in [1.54, 1.807) is 4.90 Å². The van der Waals surface area contributed by atoms with Gasteiger partial charge in [0.2, 0.25) is 5.91 Å². The average Bonchev–Trinajstić information content (AvgIpc) is 2.53. The van der Waals surface area contributed by atoms with E-state index in [0.29, 0.717) is 19.7 Å². The van der Waals surface area contributed by atoms with E-state index in [0.717, 1.165) is 32.1 Å². The van der Waals surface area contributed by atoms with E-state index in [1.165, 1.54) is 0 Å². The molecule has 0 radical (unpaired) electrons. The lowest BCUT2D eigenvalue weighted by molar-refractivity contribution is -0.202. The third kappa shape index (κ3) is 5.14. The first-order valence-electron chi connectivity index (χ1n) is 8.19. The number of amides is 3. The summed E-state index contributed by atoms with van der Waals surface area (Å²) in [6.07, 6.45) is 4.13. The van der Waals surface area contributed by atoms with Crippen LogP contribution in [0.5, 0.6) is 0 Å². The Bertz CT molecular complexity index is 383. The molecule has 3 amide bonds. The van der Waals surface area contributed by atoms with Crippen molar-refractivity contribution in [2.75, 3.05) is 19.7 Å². The van der Waals surface area contributed by atoms with Crippen LogP contribution in [0.4, 0.5) is 4.79 Å². The van der Waals surface area contributed by atoms with Crippen molar-refractivity contribution in [1.29, 1.82) is 0 Å². The zero-order valence-corrected chi connectivity index (χ0v) is 13.5. The van der Waals surface area contributed by atoms with E-state index in [2.05, 4.69) is 10.8 Å². The number of urea groups is 1. The molecular formula is C15H27N3O4. The van der Waals surface area contributed by atoms with Gasteiger partial charge in [-0.1, -0.05) is 0 Å². The van der Waals surface area contributed by atoms with Gasteiger partial charge in [-0.15, -0.1) is 0 Å². The standard InChI is InChI=1S/C15H27N3O4/c1-11(2)16-15(20)18-8-5-6-12(10-18)14(19)17-22-13-7-3-4-9-21-13/h11-13H,3-10H2,1-2H3,(H,16,20)(H,17,19)/t12-,13-/m0/s1. The van der Waals surface area contributed by atoms with E-state index < -0.39 is 0 Å². The number of rotatable bonds is 4. The molecule has 0 bridgehead atoms. The van der Waals surface area contributed by atoms with Gasteiger partial charge in [-0.2, -0.15) is 0 Å². The summed E-state index contributed by atoms with van der Waals surface area (Å²) in [4.78, 5) is 31.2. The Balaban J connectivity index is 1.75. The number of piperidine rings is 1. The van der Waals surface area contributed by atoms with Gasteiger partial charge in [0, 0.05) is 32.2 Å². The van der Waals surface area contributed by atoms with Crippen LogP contribution < -0.4 is 10.8 Å². The predicted octanol–water partition coefficient (Wildman–Crippen LogP) is 1.39. The minimum Gasteiger partial charge on any atom is -0.350 e. The number of hydrogen-bond acceptors (Lipinski definition) is 4. The first kappa shape index (κ1) is 17.0. The van der Waals surface area contributed by atoms with Crippen LogP contribution in [-0.2, 0) is 14.4 Å². The van der Waals surface area contributed by atoms with Crippen molar-refractivity contribution in [1.82, 2.24) is 15.7 Å². The molecule has 0 aliphatic carbocycles. The summed E-state index contributed by atoms with van der Waals surface area (Å²) in [5, 5.41) is 2.86. The SMILES string of the molecule is CC(C)NC(=O)N1CCC[C@H](C(=O)NO[C@H]2CCCCO2)C1. The number of hydrogen-bond donors (Lipinski definition) is 2. The van der Waals surface area contributed by atoms with Crippen molar-refractivity contribution in [3.63, 3.8) is 0 Å². The summed E-state index contributed by atoms with van der Waals surface area (Å²) in [6.45, 7) is 5.63. The average molecular weight is 313 g/mol. The Kier molecular flexibility index (Phi) is 6.45. The molecule has 2 N–H and O–H groups in total. The number of hydroxylamine groups is 1. The Morgan fingerprint density at radius 3 is 2.73 bits per heavy atom. The molecule has 2 rings (SSSR count). The molecule has 0 aromatic rings. The Labute approximate surface area is 131 Å². The quantitative estimate of drug-likeness (QED) is 0.769. The van der Waals surface area contributed by atoms with Crippen LogP contribution in [0, 0.1) is 5.92 Å². The lowest BCUT2D eigenvalue weighted by Gasteiger charge is -2.32. The molecule has 2 aliphatic rings. The second-order valence-corrected chi connectivity index (χ2v) is 6.27. The minimum atomic E-state index is -0.346. The zero-order chi connectivity index (χ0) is 15.9. The van der Waals surface area contributed by atoms with Gasteiger partial charge in [0.15, 0.2) is 6.29 Å². The molecule has 7 nitrogen and oxygen atoms in total. The molecule has 0 unspecified atom stereocenters. The summed E-state index contributed by atoms with van der Waals surface area (Å²) in [7, 11) is 0. The highest BCUT2D eigenvalue weighted by atomic mass is 16.8. The van der Waals surface area contributed by atoms with E-state index in [4.69, 9.17) is 9.57 Å². The van der Waals surface area contributed by atoms with Crippen molar-refractivity contribution >= 4 is 11.9 Å². The topological polar surface area (TPSA) is 79.9 Å². The fourth-order valence-corrected chi connectivity index (χ4v) is 2.73. The maximum Gasteiger partial charge on any atom is 0.317 e. The lowest BCUT2D eigenvalue weighted by atomic mass is 9.98. The molecule has 126 valence electrons. The molecule has 0 spiro atoms. The van der Waals surface area contributed by atoms with Gasteiger partial charge in [0.1, 0.15) is 0 Å². The van der Waals surface area contributed by atoms with Crippen LogP contribution in [-0.4, -0.2) is 48.9 Å². The zero-order valence-electron chi connectivity index (χ0n) is 13.5. The largest absolute Gasteiger partial charge is 0.350 e. The van der Waals surface area contributed by atoms with Crippen molar-refractivity contribution in [3.8, 4) is 0 Å². The van der Waals surface area contributed by atoms with E-state index >= 15 is 0 Å². The number of nitrogens with one attached hydrogen (secondary N) is 2. The minimum absolute atomic E-state index is 0.0912. The van der Waals surface area contributed by atoms with Gasteiger partial charge in [0.25, 0.3) is 0 Å². The third-order valence-corrected chi connectivity index (χ3v) is 3.92. The normalized spacial score (nSPS) is 25.9. The van der Waals surface area contributed by atoms with E-state index in [9.17, 15) is 9.59 Å². The number of carbonyl (C=O) groups is 2. The summed E-state index contributed by atoms with van der Waals surface area (Å²) >= 11 is 0. The fraction of sp³-hybridized carbons (Fsp3) is 0.867. The van der Waals surface area contributed by atoms with Crippen LogP contribution in [0.1, 0.15) is 46.0 Å². The Morgan fingerprint density at radius 1 is 1.23 bits per heavy atom. The number of likely N-dealkylation sites (tertiary alicyclic amines) is 1. The van der Waals surface area contributed by atoms with Crippen molar-refractivity contribution in [3.05, 3.63) is 0 Å². The lowest BCUT2D eigenvalue weighted by Crippen LogP contribution is -2.50. The van der Waals surface area contributed by atoms with Gasteiger partial charge in [0.05, 0.1) is 5.92 Å². The van der Waals surface area contributed by atoms with Gasteiger partial charge in [-0.3, -0.25) is 4.79 Å². The molecule has 2 aliphatic heterocycles. The molecule has 2 saturated heterocycles. The summed E-state index contributed by atoms with van der Waals surface area (Å²) < 4.78 is 5.41. The number of ether oxygens (including phenoxy) is 1. The summed E-state index contributed by atoms with van der Waals surface area (Å²) in [6, 6.07) is -0.0162. The highest BCUT2D eigenvalue weighted by Crippen LogP contribution is 2.18. The molecule has 2 heterocycles. The first-order valence-corrected chi connectivity index (χ1v) is 8.19. The molecule has 2 atom stereocenters. The molecule has 0 aromatic heterocycles. The van der Waals surface area contributed by atoms with Gasteiger partial charge in [-0.25, -0.2) is 15.1 Å². The van der Waals surface area contributed by atoms with E-state index in [-0.39, 0.29) is 30.2 Å². The summed E-state index contributed by atoms with van der Waals surface area (Å²) in [5.74, 6) is -0.397. The number of nitrogens with zero attached hydrogens (tertiary/aromatic N) is 1. The predicted molar refractivity (Wildman–Crippen MR) is 80.8 cm³/mol. The van der Waals surface area contributed by atoms with Gasteiger partial charge in [-0.05, 0) is 39.5 Å². The number of carbonyl (C=O) groups excluding carboxylic acids is 2. The van der Waals surface area contributed by atoms with Gasteiger partial charge < -0.3 is 15.0 Å².